The van der Waals surface area contributed by atoms with Crippen LogP contribution in [0, 0.1) is 0 Å². The van der Waals surface area contributed by atoms with Gasteiger partial charge in [0, 0.05) is 30.8 Å². The number of anilines is 1. The van der Waals surface area contributed by atoms with Crippen molar-refractivity contribution in [1.82, 2.24) is 5.32 Å². The number of methoxy groups -OCH3 is 1. The number of thioether (sulfide) groups is 1. The number of carbonyl (C=O) groups excluding carboxylic acids is 1. The Balaban J connectivity index is 2.04. The second kappa shape index (κ2) is 6.11. The van der Waals surface area contributed by atoms with Crippen molar-refractivity contribution < 1.29 is 9.53 Å². The van der Waals surface area contributed by atoms with Crippen molar-refractivity contribution in [2.45, 2.75) is 6.04 Å². The highest BCUT2D eigenvalue weighted by Crippen LogP contribution is 2.19. The van der Waals surface area contributed by atoms with Gasteiger partial charge in [-0.1, -0.05) is 0 Å². The molecule has 1 aromatic carbocycles. The zero-order chi connectivity index (χ0) is 13.0. The number of amides is 1. The van der Waals surface area contributed by atoms with E-state index in [0.717, 1.165) is 29.5 Å². The summed E-state index contributed by atoms with van der Waals surface area (Å²) in [7, 11) is 3.44. The monoisotopic (exact) mass is 266 g/mol. The molecule has 1 aliphatic heterocycles. The van der Waals surface area contributed by atoms with Gasteiger partial charge < -0.3 is 15.0 Å². The average Bonchev–Trinajstić information content (AvgIpc) is 2.47. The van der Waals surface area contributed by atoms with Gasteiger partial charge in [0.05, 0.1) is 13.2 Å². The van der Waals surface area contributed by atoms with Gasteiger partial charge in [0.15, 0.2) is 0 Å². The first kappa shape index (κ1) is 13.2. The van der Waals surface area contributed by atoms with Gasteiger partial charge in [-0.3, -0.25) is 4.79 Å². The standard InChI is InChI=1S/C13H18N2O2S/c1-15(10-3-5-11(17-2)6-4-10)13(16)12-9-18-8-7-14-12/h3-6,12,14H,7-9H2,1-2H3. The van der Waals surface area contributed by atoms with Crippen LogP contribution in [0.3, 0.4) is 0 Å². The molecule has 0 saturated carbocycles. The molecule has 5 heteroatoms. The Labute approximate surface area is 112 Å². The van der Waals surface area contributed by atoms with E-state index in [4.69, 9.17) is 4.74 Å². The first-order valence-electron chi connectivity index (χ1n) is 5.95. The van der Waals surface area contributed by atoms with Crippen LogP contribution in [0.1, 0.15) is 0 Å². The summed E-state index contributed by atoms with van der Waals surface area (Å²) in [5.74, 6) is 2.84. The van der Waals surface area contributed by atoms with Crippen LogP contribution in [0.15, 0.2) is 24.3 Å². The molecular weight excluding hydrogens is 248 g/mol. The van der Waals surface area contributed by atoms with Crippen LogP contribution < -0.4 is 15.0 Å². The van der Waals surface area contributed by atoms with Crippen LogP contribution in [0.25, 0.3) is 0 Å². The summed E-state index contributed by atoms with van der Waals surface area (Å²) in [5, 5.41) is 3.26. The van der Waals surface area contributed by atoms with Crippen LogP contribution in [0.2, 0.25) is 0 Å². The molecule has 1 aromatic rings. The molecule has 4 nitrogen and oxygen atoms in total. The van der Waals surface area contributed by atoms with Crippen molar-refractivity contribution in [2.24, 2.45) is 0 Å². The fourth-order valence-electron chi connectivity index (χ4n) is 1.89. The van der Waals surface area contributed by atoms with Crippen LogP contribution in [0.4, 0.5) is 5.69 Å². The molecular formula is C13H18N2O2S. The van der Waals surface area contributed by atoms with E-state index in [2.05, 4.69) is 5.32 Å². The summed E-state index contributed by atoms with van der Waals surface area (Å²) in [6.07, 6.45) is 0. The number of carbonyl (C=O) groups is 1. The Morgan fingerprint density at radius 2 is 2.17 bits per heavy atom. The summed E-state index contributed by atoms with van der Waals surface area (Å²) in [6.45, 7) is 0.900. The maximum atomic E-state index is 12.3. The molecule has 0 bridgehead atoms. The highest BCUT2D eigenvalue weighted by Gasteiger charge is 2.24. The number of ether oxygens (including phenoxy) is 1. The number of hydrogen-bond donors (Lipinski definition) is 1. The summed E-state index contributed by atoms with van der Waals surface area (Å²) in [5.41, 5.74) is 0.887. The zero-order valence-electron chi connectivity index (χ0n) is 10.7. The third-order valence-corrected chi connectivity index (χ3v) is 4.07. The molecule has 98 valence electrons. The maximum absolute atomic E-state index is 12.3. The SMILES string of the molecule is COc1ccc(N(C)C(=O)C2CSCCN2)cc1. The van der Waals surface area contributed by atoms with E-state index in [-0.39, 0.29) is 11.9 Å². The van der Waals surface area contributed by atoms with E-state index in [0.29, 0.717) is 0 Å². The first-order chi connectivity index (χ1) is 8.72. The lowest BCUT2D eigenvalue weighted by Crippen LogP contribution is -2.49. The van der Waals surface area contributed by atoms with E-state index >= 15 is 0 Å². The van der Waals surface area contributed by atoms with Crippen molar-refractivity contribution in [1.29, 1.82) is 0 Å². The molecule has 1 aliphatic rings. The summed E-state index contributed by atoms with van der Waals surface area (Å²) in [4.78, 5) is 14.0. The van der Waals surface area contributed by atoms with Gasteiger partial charge in [0.2, 0.25) is 5.91 Å². The maximum Gasteiger partial charge on any atom is 0.244 e. The lowest BCUT2D eigenvalue weighted by Gasteiger charge is -2.27. The fraction of sp³-hybridized carbons (Fsp3) is 0.462. The smallest absolute Gasteiger partial charge is 0.244 e. The zero-order valence-corrected chi connectivity index (χ0v) is 11.5. The molecule has 0 spiro atoms. The Morgan fingerprint density at radius 1 is 1.44 bits per heavy atom. The van der Waals surface area contributed by atoms with Crippen molar-refractivity contribution >= 4 is 23.4 Å². The number of hydrogen-bond acceptors (Lipinski definition) is 4. The highest BCUT2D eigenvalue weighted by atomic mass is 32.2. The minimum Gasteiger partial charge on any atom is -0.497 e. The quantitative estimate of drug-likeness (QED) is 0.897. The first-order valence-corrected chi connectivity index (χ1v) is 7.10. The second-order valence-electron chi connectivity index (χ2n) is 4.18. The lowest BCUT2D eigenvalue weighted by molar-refractivity contribution is -0.119. The predicted octanol–water partition coefficient (Wildman–Crippen LogP) is 1.36. The van der Waals surface area contributed by atoms with E-state index < -0.39 is 0 Å². The molecule has 1 atom stereocenters. The van der Waals surface area contributed by atoms with Crippen molar-refractivity contribution in [3.63, 3.8) is 0 Å². The molecule has 0 aliphatic carbocycles. The third kappa shape index (κ3) is 2.97. The largest absolute Gasteiger partial charge is 0.497 e. The number of likely N-dealkylation sites (N-methyl/N-ethyl adjacent to an activating group) is 1. The van der Waals surface area contributed by atoms with Crippen LogP contribution in [0.5, 0.6) is 5.75 Å². The number of rotatable bonds is 3. The number of nitrogens with zero attached hydrogens (tertiary/aromatic N) is 1. The molecule has 1 amide bonds. The highest BCUT2D eigenvalue weighted by molar-refractivity contribution is 7.99. The van der Waals surface area contributed by atoms with Gasteiger partial charge in [-0.05, 0) is 24.3 Å². The van der Waals surface area contributed by atoms with Gasteiger partial charge in [-0.15, -0.1) is 0 Å². The van der Waals surface area contributed by atoms with Gasteiger partial charge in [0.1, 0.15) is 5.75 Å². The van der Waals surface area contributed by atoms with Crippen molar-refractivity contribution in [3.8, 4) is 5.75 Å². The minimum atomic E-state index is -0.0733. The van der Waals surface area contributed by atoms with E-state index in [1.54, 1.807) is 12.0 Å². The van der Waals surface area contributed by atoms with Gasteiger partial charge >= 0.3 is 0 Å². The van der Waals surface area contributed by atoms with E-state index in [1.807, 2.05) is 43.1 Å². The van der Waals surface area contributed by atoms with Crippen LogP contribution in [-0.2, 0) is 4.79 Å². The number of benzene rings is 1. The van der Waals surface area contributed by atoms with Gasteiger partial charge in [-0.25, -0.2) is 0 Å². The van der Waals surface area contributed by atoms with Crippen molar-refractivity contribution in [2.75, 3.05) is 37.1 Å². The molecule has 1 fully saturated rings. The molecule has 0 radical (unpaired) electrons. The molecule has 0 aromatic heterocycles. The Kier molecular flexibility index (Phi) is 4.49. The van der Waals surface area contributed by atoms with Crippen LogP contribution in [-0.4, -0.2) is 44.2 Å². The normalized spacial score (nSPS) is 19.3. The van der Waals surface area contributed by atoms with Gasteiger partial charge in [0.25, 0.3) is 0 Å². The molecule has 1 saturated heterocycles. The Morgan fingerprint density at radius 3 is 2.72 bits per heavy atom. The van der Waals surface area contributed by atoms with Crippen molar-refractivity contribution in [3.05, 3.63) is 24.3 Å². The van der Waals surface area contributed by atoms with Gasteiger partial charge in [-0.2, -0.15) is 11.8 Å². The molecule has 2 rings (SSSR count). The summed E-state index contributed by atoms with van der Waals surface area (Å²) < 4.78 is 5.11. The molecule has 18 heavy (non-hydrogen) atoms. The number of nitrogens with one attached hydrogen (secondary N) is 1. The Bertz CT molecular complexity index is 402. The lowest BCUT2D eigenvalue weighted by atomic mass is 10.2. The topological polar surface area (TPSA) is 41.6 Å². The molecule has 1 unspecified atom stereocenters. The molecule has 1 heterocycles. The second-order valence-corrected chi connectivity index (χ2v) is 5.33. The summed E-state index contributed by atoms with van der Waals surface area (Å²) >= 11 is 1.82. The molecule has 1 N–H and O–H groups in total. The fourth-order valence-corrected chi connectivity index (χ4v) is 2.82. The van der Waals surface area contributed by atoms with E-state index in [1.165, 1.54) is 0 Å². The third-order valence-electron chi connectivity index (χ3n) is 3.01. The Hall–Kier alpha value is -1.20. The predicted molar refractivity (Wildman–Crippen MR) is 75.5 cm³/mol. The summed E-state index contributed by atoms with van der Waals surface area (Å²) in [6, 6.07) is 7.44. The average molecular weight is 266 g/mol. The van der Waals surface area contributed by atoms with E-state index in [9.17, 15) is 4.79 Å². The minimum absolute atomic E-state index is 0.0733. The van der Waals surface area contributed by atoms with Crippen LogP contribution >= 0.6 is 11.8 Å².